The number of nitrogens with zero attached hydrogens (tertiary/aromatic N) is 2. The maximum Gasteiger partial charge on any atom is 0.273 e. The highest BCUT2D eigenvalue weighted by atomic mass is 32.1. The van der Waals surface area contributed by atoms with Crippen molar-refractivity contribution >= 4 is 24.0 Å². The fourth-order valence-corrected chi connectivity index (χ4v) is 1.48. The van der Waals surface area contributed by atoms with Crippen molar-refractivity contribution in [3.8, 4) is 11.5 Å². The predicted octanol–water partition coefficient (Wildman–Crippen LogP) is 2.09. The van der Waals surface area contributed by atoms with E-state index in [9.17, 15) is 0 Å². The molecule has 0 fully saturated rings. The fraction of sp³-hybridized carbons (Fsp3) is 0. The van der Waals surface area contributed by atoms with Crippen LogP contribution in [0.1, 0.15) is 0 Å². The maximum absolute atomic E-state index is 5.08. The fourth-order valence-electron chi connectivity index (χ4n) is 0.718. The molecule has 5 heteroatoms. The van der Waals surface area contributed by atoms with Gasteiger partial charge in [-0.15, -0.1) is 10.2 Å². The molecule has 0 saturated carbocycles. The maximum atomic E-state index is 5.08. The second-order valence-corrected chi connectivity index (χ2v) is 3.06. The van der Waals surface area contributed by atoms with Crippen molar-refractivity contribution in [3.05, 3.63) is 16.8 Å². The molecule has 2 aromatic rings. The Balaban J connectivity index is 2.45. The zero-order valence-electron chi connectivity index (χ0n) is 5.39. The molecule has 2 aromatic heterocycles. The van der Waals surface area contributed by atoms with Crippen molar-refractivity contribution in [1.82, 2.24) is 10.2 Å². The lowest BCUT2D eigenvalue weighted by atomic mass is 10.3. The summed E-state index contributed by atoms with van der Waals surface area (Å²) in [5, 5.41) is 11.6. The molecule has 0 unspecified atom stereocenters. The number of hydrogen-bond acceptors (Lipinski definition) is 5. The minimum absolute atomic E-state index is 0.297. The van der Waals surface area contributed by atoms with Crippen LogP contribution in [-0.2, 0) is 0 Å². The van der Waals surface area contributed by atoms with Crippen LogP contribution in [0.15, 0.2) is 26.5 Å². The lowest BCUT2D eigenvalue weighted by Crippen LogP contribution is -1.71. The van der Waals surface area contributed by atoms with Crippen LogP contribution in [0.25, 0.3) is 11.5 Å². The van der Waals surface area contributed by atoms with E-state index < -0.39 is 0 Å². The molecule has 0 radical (unpaired) electrons. The summed E-state index contributed by atoms with van der Waals surface area (Å²) in [5.74, 6) is 0.524. The topological polar surface area (TPSA) is 38.9 Å². The first-order chi connectivity index (χ1) is 5.36. The van der Waals surface area contributed by atoms with Crippen molar-refractivity contribution < 1.29 is 4.42 Å². The summed E-state index contributed by atoms with van der Waals surface area (Å²) in [7, 11) is 0. The normalized spacial score (nSPS) is 10.3. The van der Waals surface area contributed by atoms with Crippen LogP contribution in [0.2, 0.25) is 0 Å². The van der Waals surface area contributed by atoms with E-state index in [1.807, 2.05) is 16.8 Å². The van der Waals surface area contributed by atoms with Crippen molar-refractivity contribution in [3.63, 3.8) is 0 Å². The summed E-state index contributed by atoms with van der Waals surface area (Å²) in [5.41, 5.74) is 0.947. The molecule has 0 atom stereocenters. The van der Waals surface area contributed by atoms with Gasteiger partial charge in [0.05, 0.1) is 0 Å². The molecular formula is C6H4N2OS2. The van der Waals surface area contributed by atoms with Crippen LogP contribution >= 0.6 is 24.0 Å². The second-order valence-electron chi connectivity index (χ2n) is 1.90. The Morgan fingerprint density at radius 3 is 2.91 bits per heavy atom. The third-order valence-electron chi connectivity index (χ3n) is 1.18. The Hall–Kier alpha value is -0.810. The van der Waals surface area contributed by atoms with Gasteiger partial charge in [0.25, 0.3) is 5.22 Å². The van der Waals surface area contributed by atoms with Gasteiger partial charge in [-0.05, 0) is 11.4 Å². The summed E-state index contributed by atoms with van der Waals surface area (Å²) in [4.78, 5) is 0. The second kappa shape index (κ2) is 2.67. The minimum Gasteiger partial charge on any atom is -0.411 e. The first-order valence-electron chi connectivity index (χ1n) is 2.91. The molecule has 0 N–H and O–H groups in total. The van der Waals surface area contributed by atoms with E-state index in [1.54, 1.807) is 11.3 Å². The summed E-state index contributed by atoms with van der Waals surface area (Å²) in [6.45, 7) is 0. The van der Waals surface area contributed by atoms with E-state index >= 15 is 0 Å². The summed E-state index contributed by atoms with van der Waals surface area (Å²) in [6, 6.07) is 1.92. The third kappa shape index (κ3) is 1.29. The van der Waals surface area contributed by atoms with Gasteiger partial charge in [0.15, 0.2) is 0 Å². The molecule has 3 nitrogen and oxygen atoms in total. The van der Waals surface area contributed by atoms with Crippen LogP contribution in [0.4, 0.5) is 0 Å². The Labute approximate surface area is 72.5 Å². The van der Waals surface area contributed by atoms with Gasteiger partial charge >= 0.3 is 0 Å². The third-order valence-corrected chi connectivity index (χ3v) is 2.05. The van der Waals surface area contributed by atoms with Gasteiger partial charge in [0.2, 0.25) is 5.89 Å². The van der Waals surface area contributed by atoms with Gasteiger partial charge in [0, 0.05) is 10.9 Å². The van der Waals surface area contributed by atoms with Crippen molar-refractivity contribution in [2.45, 2.75) is 5.22 Å². The van der Waals surface area contributed by atoms with Gasteiger partial charge in [-0.1, -0.05) is 12.6 Å². The zero-order chi connectivity index (χ0) is 7.68. The first kappa shape index (κ1) is 6.87. The van der Waals surface area contributed by atoms with E-state index in [0.29, 0.717) is 11.1 Å². The molecule has 0 bridgehead atoms. The predicted molar refractivity (Wildman–Crippen MR) is 44.9 cm³/mol. The first-order valence-corrected chi connectivity index (χ1v) is 4.30. The molecule has 0 saturated heterocycles. The monoisotopic (exact) mass is 184 g/mol. The van der Waals surface area contributed by atoms with Crippen molar-refractivity contribution in [2.75, 3.05) is 0 Å². The highest BCUT2D eigenvalue weighted by molar-refractivity contribution is 7.80. The van der Waals surface area contributed by atoms with Crippen LogP contribution in [0.3, 0.4) is 0 Å². The van der Waals surface area contributed by atoms with Crippen LogP contribution in [-0.4, -0.2) is 10.2 Å². The molecule has 11 heavy (non-hydrogen) atoms. The van der Waals surface area contributed by atoms with Gasteiger partial charge in [0.1, 0.15) is 0 Å². The van der Waals surface area contributed by atoms with Gasteiger partial charge in [-0.3, -0.25) is 0 Å². The highest BCUT2D eigenvalue weighted by Gasteiger charge is 2.04. The molecule has 56 valence electrons. The molecule has 2 heterocycles. The van der Waals surface area contributed by atoms with Gasteiger partial charge in [-0.25, -0.2) is 0 Å². The van der Waals surface area contributed by atoms with Gasteiger partial charge < -0.3 is 4.42 Å². The smallest absolute Gasteiger partial charge is 0.273 e. The lowest BCUT2D eigenvalue weighted by molar-refractivity contribution is 0.468. The van der Waals surface area contributed by atoms with Crippen molar-refractivity contribution in [1.29, 1.82) is 0 Å². The SMILES string of the molecule is Sc1nnc(-c2ccsc2)o1. The highest BCUT2D eigenvalue weighted by Crippen LogP contribution is 2.20. The number of hydrogen-bond donors (Lipinski definition) is 1. The average Bonchev–Trinajstić information content (AvgIpc) is 2.55. The molecule has 0 aliphatic carbocycles. The van der Waals surface area contributed by atoms with Crippen molar-refractivity contribution in [2.24, 2.45) is 0 Å². The molecule has 0 aliphatic rings. The zero-order valence-corrected chi connectivity index (χ0v) is 7.10. The molecule has 0 aromatic carbocycles. The number of thiophene rings is 1. The van der Waals surface area contributed by atoms with Gasteiger partial charge in [-0.2, -0.15) is 11.3 Å². The summed E-state index contributed by atoms with van der Waals surface area (Å²) < 4.78 is 5.08. The summed E-state index contributed by atoms with van der Waals surface area (Å²) >= 11 is 5.49. The molecule has 0 amide bonds. The summed E-state index contributed by atoms with van der Waals surface area (Å²) in [6.07, 6.45) is 0. The number of rotatable bonds is 1. The molecule has 0 aliphatic heterocycles. The lowest BCUT2D eigenvalue weighted by Gasteiger charge is -1.82. The van der Waals surface area contributed by atoms with E-state index in [2.05, 4.69) is 22.8 Å². The quantitative estimate of drug-likeness (QED) is 0.690. The standard InChI is InChI=1S/C6H4N2OS2/c10-6-8-7-5(9-6)4-1-2-11-3-4/h1-3H,(H,8,10). The van der Waals surface area contributed by atoms with Crippen LogP contribution in [0, 0.1) is 0 Å². The average molecular weight is 184 g/mol. The molecule has 0 spiro atoms. The van der Waals surface area contributed by atoms with E-state index in [1.165, 1.54) is 0 Å². The van der Waals surface area contributed by atoms with Crippen LogP contribution < -0.4 is 0 Å². The Morgan fingerprint density at radius 1 is 1.45 bits per heavy atom. The Bertz CT molecular complexity index is 341. The van der Waals surface area contributed by atoms with E-state index in [0.717, 1.165) is 5.56 Å². The number of aromatic nitrogens is 2. The Kier molecular flexibility index (Phi) is 1.67. The van der Waals surface area contributed by atoms with Crippen LogP contribution in [0.5, 0.6) is 0 Å². The molecule has 2 rings (SSSR count). The Morgan fingerprint density at radius 2 is 2.36 bits per heavy atom. The largest absolute Gasteiger partial charge is 0.411 e. The van der Waals surface area contributed by atoms with E-state index in [-0.39, 0.29) is 0 Å². The number of thiol groups is 1. The minimum atomic E-state index is 0.297. The van der Waals surface area contributed by atoms with E-state index in [4.69, 9.17) is 4.42 Å². The molecular weight excluding hydrogens is 180 g/mol.